The first-order chi connectivity index (χ1) is 7.74. The van der Waals surface area contributed by atoms with Crippen molar-refractivity contribution in [1.82, 2.24) is 5.32 Å². The van der Waals surface area contributed by atoms with Crippen LogP contribution in [0.5, 0.6) is 0 Å². The monoisotopic (exact) mass is 227 g/mol. The van der Waals surface area contributed by atoms with Crippen LogP contribution in [-0.2, 0) is 4.74 Å². The third kappa shape index (κ3) is 5.31. The fourth-order valence-corrected chi connectivity index (χ4v) is 2.80. The molecule has 2 nitrogen and oxygen atoms in total. The van der Waals surface area contributed by atoms with Gasteiger partial charge in [-0.15, -0.1) is 0 Å². The van der Waals surface area contributed by atoms with Gasteiger partial charge in [0.25, 0.3) is 0 Å². The van der Waals surface area contributed by atoms with Crippen LogP contribution in [0, 0.1) is 11.8 Å². The Hall–Kier alpha value is -0.0800. The second kappa shape index (κ2) is 8.08. The number of unbranched alkanes of at least 4 members (excludes halogenated alkanes) is 1. The largest absolute Gasteiger partial charge is 0.385 e. The lowest BCUT2D eigenvalue weighted by atomic mass is 9.91. The summed E-state index contributed by atoms with van der Waals surface area (Å²) < 4.78 is 5.10. The SMILES string of the molecule is COCCCCC1CCCC1CNC(C)C. The van der Waals surface area contributed by atoms with Gasteiger partial charge in [-0.25, -0.2) is 0 Å². The molecule has 1 N–H and O–H groups in total. The maximum absolute atomic E-state index is 5.10. The average Bonchev–Trinajstić information content (AvgIpc) is 2.69. The Kier molecular flexibility index (Phi) is 7.06. The van der Waals surface area contributed by atoms with Crippen LogP contribution < -0.4 is 5.32 Å². The normalized spacial score (nSPS) is 25.5. The van der Waals surface area contributed by atoms with Gasteiger partial charge in [-0.05, 0) is 31.2 Å². The smallest absolute Gasteiger partial charge is 0.0462 e. The maximum atomic E-state index is 5.10. The number of hydrogen-bond acceptors (Lipinski definition) is 2. The van der Waals surface area contributed by atoms with Gasteiger partial charge in [0, 0.05) is 19.8 Å². The molecule has 0 heterocycles. The van der Waals surface area contributed by atoms with Gasteiger partial charge in [-0.2, -0.15) is 0 Å². The molecule has 0 aliphatic heterocycles. The minimum absolute atomic E-state index is 0.634. The van der Waals surface area contributed by atoms with E-state index in [1.165, 1.54) is 45.1 Å². The van der Waals surface area contributed by atoms with Crippen molar-refractivity contribution in [2.75, 3.05) is 20.3 Å². The van der Waals surface area contributed by atoms with Gasteiger partial charge < -0.3 is 10.1 Å². The third-order valence-electron chi connectivity index (χ3n) is 3.78. The predicted molar refractivity (Wildman–Crippen MR) is 69.7 cm³/mol. The Bertz CT molecular complexity index is 170. The van der Waals surface area contributed by atoms with Gasteiger partial charge in [-0.1, -0.05) is 39.5 Å². The van der Waals surface area contributed by atoms with Crippen LogP contribution in [0.25, 0.3) is 0 Å². The first-order valence-corrected chi connectivity index (χ1v) is 6.96. The van der Waals surface area contributed by atoms with Crippen LogP contribution >= 0.6 is 0 Å². The molecule has 0 spiro atoms. The second-order valence-electron chi connectivity index (χ2n) is 5.50. The summed E-state index contributed by atoms with van der Waals surface area (Å²) in [5.74, 6) is 1.91. The molecule has 2 atom stereocenters. The van der Waals surface area contributed by atoms with E-state index >= 15 is 0 Å². The lowest BCUT2D eigenvalue weighted by Gasteiger charge is -2.21. The van der Waals surface area contributed by atoms with E-state index in [2.05, 4.69) is 19.2 Å². The first kappa shape index (κ1) is 14.0. The molecule has 0 bridgehead atoms. The number of nitrogens with one attached hydrogen (secondary N) is 1. The summed E-state index contributed by atoms with van der Waals surface area (Å²) in [4.78, 5) is 0. The highest BCUT2D eigenvalue weighted by atomic mass is 16.5. The molecule has 1 rings (SSSR count). The van der Waals surface area contributed by atoms with Gasteiger partial charge >= 0.3 is 0 Å². The number of rotatable bonds is 8. The number of ether oxygens (including phenoxy) is 1. The standard InChI is InChI=1S/C14H29NO/c1-12(2)15-11-14-9-6-8-13(14)7-4-5-10-16-3/h12-15H,4-11H2,1-3H3. The molecule has 16 heavy (non-hydrogen) atoms. The minimum Gasteiger partial charge on any atom is -0.385 e. The Balaban J connectivity index is 2.13. The van der Waals surface area contributed by atoms with Gasteiger partial charge in [0.05, 0.1) is 0 Å². The molecular weight excluding hydrogens is 198 g/mol. The zero-order chi connectivity index (χ0) is 11.8. The van der Waals surface area contributed by atoms with E-state index in [1.54, 1.807) is 7.11 Å². The summed E-state index contributed by atoms with van der Waals surface area (Å²) in [6.45, 7) is 6.64. The Labute approximate surface area is 101 Å². The lowest BCUT2D eigenvalue weighted by molar-refractivity contribution is 0.188. The quantitative estimate of drug-likeness (QED) is 0.643. The van der Waals surface area contributed by atoms with E-state index < -0.39 is 0 Å². The van der Waals surface area contributed by atoms with Crippen LogP contribution in [0.1, 0.15) is 52.4 Å². The Morgan fingerprint density at radius 1 is 1.19 bits per heavy atom. The van der Waals surface area contributed by atoms with Crippen LogP contribution in [-0.4, -0.2) is 26.3 Å². The Morgan fingerprint density at radius 3 is 2.62 bits per heavy atom. The van der Waals surface area contributed by atoms with E-state index in [0.29, 0.717) is 6.04 Å². The molecule has 0 aromatic rings. The molecule has 0 radical (unpaired) electrons. The molecule has 0 aromatic carbocycles. The molecule has 2 unspecified atom stereocenters. The highest BCUT2D eigenvalue weighted by molar-refractivity contribution is 4.79. The van der Waals surface area contributed by atoms with Crippen LogP contribution in [0.4, 0.5) is 0 Å². The van der Waals surface area contributed by atoms with E-state index in [4.69, 9.17) is 4.74 Å². The average molecular weight is 227 g/mol. The van der Waals surface area contributed by atoms with Crippen LogP contribution in [0.3, 0.4) is 0 Å². The van der Waals surface area contributed by atoms with Crippen molar-refractivity contribution in [3.63, 3.8) is 0 Å². The molecule has 96 valence electrons. The van der Waals surface area contributed by atoms with Gasteiger partial charge in [-0.3, -0.25) is 0 Å². The van der Waals surface area contributed by atoms with Crippen molar-refractivity contribution in [2.24, 2.45) is 11.8 Å². The summed E-state index contributed by atoms with van der Waals surface area (Å²) in [6, 6.07) is 0.634. The fraction of sp³-hybridized carbons (Fsp3) is 1.00. The zero-order valence-corrected chi connectivity index (χ0v) is 11.3. The molecular formula is C14H29NO. The summed E-state index contributed by atoms with van der Waals surface area (Å²) in [5, 5.41) is 3.59. The summed E-state index contributed by atoms with van der Waals surface area (Å²) in [6.07, 6.45) is 8.33. The minimum atomic E-state index is 0.634. The molecule has 2 heteroatoms. The van der Waals surface area contributed by atoms with E-state index in [0.717, 1.165) is 18.4 Å². The Morgan fingerprint density at radius 2 is 1.94 bits per heavy atom. The fourth-order valence-electron chi connectivity index (χ4n) is 2.80. The topological polar surface area (TPSA) is 21.3 Å². The molecule has 0 saturated heterocycles. The van der Waals surface area contributed by atoms with Crippen molar-refractivity contribution < 1.29 is 4.74 Å². The molecule has 0 aromatic heterocycles. The molecule has 1 aliphatic carbocycles. The maximum Gasteiger partial charge on any atom is 0.0462 e. The van der Waals surface area contributed by atoms with Crippen LogP contribution in [0.15, 0.2) is 0 Å². The van der Waals surface area contributed by atoms with Crippen molar-refractivity contribution in [3.05, 3.63) is 0 Å². The van der Waals surface area contributed by atoms with Crippen molar-refractivity contribution in [2.45, 2.75) is 58.4 Å². The van der Waals surface area contributed by atoms with Crippen LogP contribution in [0.2, 0.25) is 0 Å². The molecule has 1 aliphatic rings. The van der Waals surface area contributed by atoms with E-state index in [-0.39, 0.29) is 0 Å². The van der Waals surface area contributed by atoms with E-state index in [1.807, 2.05) is 0 Å². The van der Waals surface area contributed by atoms with E-state index in [9.17, 15) is 0 Å². The summed E-state index contributed by atoms with van der Waals surface area (Å²) >= 11 is 0. The van der Waals surface area contributed by atoms with Crippen molar-refractivity contribution in [3.8, 4) is 0 Å². The number of hydrogen-bond donors (Lipinski definition) is 1. The highest BCUT2D eigenvalue weighted by Crippen LogP contribution is 2.34. The molecule has 1 saturated carbocycles. The van der Waals surface area contributed by atoms with Crippen molar-refractivity contribution >= 4 is 0 Å². The molecule has 0 amide bonds. The van der Waals surface area contributed by atoms with Crippen molar-refractivity contribution in [1.29, 1.82) is 0 Å². The lowest BCUT2D eigenvalue weighted by Crippen LogP contribution is -2.30. The molecule has 1 fully saturated rings. The van der Waals surface area contributed by atoms with Gasteiger partial charge in [0.15, 0.2) is 0 Å². The van der Waals surface area contributed by atoms with Gasteiger partial charge in [0.1, 0.15) is 0 Å². The second-order valence-corrected chi connectivity index (χ2v) is 5.50. The highest BCUT2D eigenvalue weighted by Gasteiger charge is 2.26. The predicted octanol–water partition coefficient (Wildman–Crippen LogP) is 3.22. The number of methoxy groups -OCH3 is 1. The first-order valence-electron chi connectivity index (χ1n) is 6.96. The third-order valence-corrected chi connectivity index (χ3v) is 3.78. The van der Waals surface area contributed by atoms with Gasteiger partial charge in [0.2, 0.25) is 0 Å². The summed E-state index contributed by atoms with van der Waals surface area (Å²) in [7, 11) is 1.80. The zero-order valence-electron chi connectivity index (χ0n) is 11.3. The summed E-state index contributed by atoms with van der Waals surface area (Å²) in [5.41, 5.74) is 0.